The molecule has 18 heavy (non-hydrogen) atoms. The third-order valence-corrected chi connectivity index (χ3v) is 3.43. The Morgan fingerprint density at radius 2 is 1.94 bits per heavy atom. The number of hydrogen-bond donors (Lipinski definition) is 1. The van der Waals surface area contributed by atoms with Gasteiger partial charge in [0.2, 0.25) is 0 Å². The van der Waals surface area contributed by atoms with E-state index in [4.69, 9.17) is 23.2 Å². The maximum absolute atomic E-state index is 10.0. The fourth-order valence-corrected chi connectivity index (χ4v) is 2.30. The molecular formula is C12H13Cl2N3O. The molecule has 2 aromatic rings. The fraction of sp³-hybridized carbons (Fsp3) is 0.333. The van der Waals surface area contributed by atoms with Crippen LogP contribution in [-0.4, -0.2) is 26.0 Å². The molecule has 0 amide bonds. The second-order valence-electron chi connectivity index (χ2n) is 4.06. The number of aryl methyl sites for hydroxylation is 1. The molecule has 0 aliphatic heterocycles. The van der Waals surface area contributed by atoms with Crippen molar-refractivity contribution in [2.75, 3.05) is 0 Å². The van der Waals surface area contributed by atoms with E-state index in [2.05, 4.69) is 10.1 Å². The Hall–Kier alpha value is -1.10. The highest BCUT2D eigenvalue weighted by Gasteiger charge is 2.14. The van der Waals surface area contributed by atoms with E-state index in [1.54, 1.807) is 29.9 Å². The third-order valence-electron chi connectivity index (χ3n) is 2.72. The zero-order chi connectivity index (χ0) is 13.1. The molecular weight excluding hydrogens is 273 g/mol. The summed E-state index contributed by atoms with van der Waals surface area (Å²) in [6, 6.07) is 5.30. The lowest BCUT2D eigenvalue weighted by atomic mass is 10.1. The molecule has 0 fully saturated rings. The quantitative estimate of drug-likeness (QED) is 0.938. The summed E-state index contributed by atoms with van der Waals surface area (Å²) in [6.45, 7) is 0. The van der Waals surface area contributed by atoms with Crippen molar-refractivity contribution in [2.45, 2.75) is 18.9 Å². The molecule has 6 heteroatoms. The van der Waals surface area contributed by atoms with E-state index in [-0.39, 0.29) is 0 Å². The van der Waals surface area contributed by atoms with Crippen LogP contribution in [0.3, 0.4) is 0 Å². The van der Waals surface area contributed by atoms with Crippen LogP contribution >= 0.6 is 23.2 Å². The van der Waals surface area contributed by atoms with Crippen LogP contribution in [0.1, 0.15) is 11.4 Å². The predicted octanol–water partition coefficient (Wildman–Crippen LogP) is 2.27. The molecule has 1 heterocycles. The van der Waals surface area contributed by atoms with Gasteiger partial charge in [0.25, 0.3) is 0 Å². The van der Waals surface area contributed by atoms with Crippen LogP contribution in [-0.2, 0) is 19.9 Å². The highest BCUT2D eigenvalue weighted by Crippen LogP contribution is 2.25. The van der Waals surface area contributed by atoms with Crippen molar-refractivity contribution in [3.05, 3.63) is 46.0 Å². The van der Waals surface area contributed by atoms with Crippen molar-refractivity contribution in [1.29, 1.82) is 0 Å². The van der Waals surface area contributed by atoms with Crippen molar-refractivity contribution in [3.8, 4) is 0 Å². The lowest BCUT2D eigenvalue weighted by molar-refractivity contribution is 0.171. The van der Waals surface area contributed by atoms with Gasteiger partial charge in [-0.25, -0.2) is 4.98 Å². The minimum Gasteiger partial charge on any atom is -0.392 e. The Labute approximate surface area is 115 Å². The van der Waals surface area contributed by atoms with Gasteiger partial charge in [0.15, 0.2) is 0 Å². The lowest BCUT2D eigenvalue weighted by Gasteiger charge is -2.12. The molecule has 0 radical (unpaired) electrons. The van der Waals surface area contributed by atoms with Gasteiger partial charge in [0.1, 0.15) is 12.2 Å². The summed E-state index contributed by atoms with van der Waals surface area (Å²) in [5.41, 5.74) is 0.760. The van der Waals surface area contributed by atoms with Gasteiger partial charge in [-0.2, -0.15) is 5.10 Å². The zero-order valence-electron chi connectivity index (χ0n) is 9.85. The summed E-state index contributed by atoms with van der Waals surface area (Å²) in [5, 5.41) is 15.1. The summed E-state index contributed by atoms with van der Waals surface area (Å²) in [5.74, 6) is 0.727. The van der Waals surface area contributed by atoms with Crippen LogP contribution in [0.25, 0.3) is 0 Å². The Morgan fingerprint density at radius 1 is 1.28 bits per heavy atom. The highest BCUT2D eigenvalue weighted by atomic mass is 35.5. The molecule has 0 aliphatic rings. The minimum absolute atomic E-state index is 0.394. The molecule has 2 rings (SSSR count). The predicted molar refractivity (Wildman–Crippen MR) is 70.9 cm³/mol. The average molecular weight is 286 g/mol. The fourth-order valence-electron chi connectivity index (χ4n) is 1.75. The Kier molecular flexibility index (Phi) is 4.22. The van der Waals surface area contributed by atoms with Gasteiger partial charge in [0, 0.05) is 29.9 Å². The van der Waals surface area contributed by atoms with E-state index in [1.807, 2.05) is 0 Å². The number of aliphatic hydroxyl groups is 1. The molecule has 96 valence electrons. The molecule has 1 aromatic carbocycles. The average Bonchev–Trinajstić information content (AvgIpc) is 2.70. The van der Waals surface area contributed by atoms with Crippen molar-refractivity contribution in [3.63, 3.8) is 0 Å². The number of hydrogen-bond acceptors (Lipinski definition) is 3. The largest absolute Gasteiger partial charge is 0.392 e. The summed E-state index contributed by atoms with van der Waals surface area (Å²) in [4.78, 5) is 4.07. The maximum Gasteiger partial charge on any atom is 0.138 e. The molecule has 1 unspecified atom stereocenters. The summed E-state index contributed by atoms with van der Waals surface area (Å²) in [7, 11) is 1.79. The first-order chi connectivity index (χ1) is 8.58. The lowest BCUT2D eigenvalue weighted by Crippen LogP contribution is -2.17. The van der Waals surface area contributed by atoms with Gasteiger partial charge in [-0.1, -0.05) is 29.3 Å². The van der Waals surface area contributed by atoms with E-state index < -0.39 is 6.10 Å². The first-order valence-electron chi connectivity index (χ1n) is 5.51. The van der Waals surface area contributed by atoms with Crippen molar-refractivity contribution in [2.24, 2.45) is 7.05 Å². The maximum atomic E-state index is 10.0. The van der Waals surface area contributed by atoms with Gasteiger partial charge in [0.05, 0.1) is 6.10 Å². The van der Waals surface area contributed by atoms with Gasteiger partial charge >= 0.3 is 0 Å². The van der Waals surface area contributed by atoms with Crippen LogP contribution < -0.4 is 0 Å². The van der Waals surface area contributed by atoms with Crippen LogP contribution in [0.5, 0.6) is 0 Å². The third kappa shape index (κ3) is 3.02. The molecule has 1 aromatic heterocycles. The zero-order valence-corrected chi connectivity index (χ0v) is 11.4. The molecule has 1 atom stereocenters. The molecule has 0 saturated heterocycles. The van der Waals surface area contributed by atoms with E-state index in [0.29, 0.717) is 22.9 Å². The number of aromatic nitrogens is 3. The van der Waals surface area contributed by atoms with E-state index in [1.165, 1.54) is 6.33 Å². The van der Waals surface area contributed by atoms with E-state index in [9.17, 15) is 5.11 Å². The molecule has 0 spiro atoms. The molecule has 4 nitrogen and oxygen atoms in total. The van der Waals surface area contributed by atoms with Crippen LogP contribution in [0, 0.1) is 0 Å². The van der Waals surface area contributed by atoms with E-state index >= 15 is 0 Å². The smallest absolute Gasteiger partial charge is 0.138 e. The minimum atomic E-state index is -0.592. The molecule has 0 bridgehead atoms. The van der Waals surface area contributed by atoms with Crippen molar-refractivity contribution in [1.82, 2.24) is 14.8 Å². The first-order valence-corrected chi connectivity index (χ1v) is 6.27. The van der Waals surface area contributed by atoms with Crippen LogP contribution in [0.15, 0.2) is 24.5 Å². The highest BCUT2D eigenvalue weighted by molar-refractivity contribution is 6.35. The molecule has 1 N–H and O–H groups in total. The summed E-state index contributed by atoms with van der Waals surface area (Å²) < 4.78 is 1.64. The molecule has 0 aliphatic carbocycles. The van der Waals surface area contributed by atoms with Crippen molar-refractivity contribution >= 4 is 23.2 Å². The Balaban J connectivity index is 2.08. The van der Waals surface area contributed by atoms with Gasteiger partial charge in [-0.05, 0) is 17.7 Å². The topological polar surface area (TPSA) is 50.9 Å². The number of halogens is 2. The second kappa shape index (κ2) is 5.69. The SMILES string of the molecule is Cn1ncnc1CC(O)Cc1c(Cl)cccc1Cl. The van der Waals surface area contributed by atoms with E-state index in [0.717, 1.165) is 11.4 Å². The Morgan fingerprint density at radius 3 is 2.50 bits per heavy atom. The summed E-state index contributed by atoms with van der Waals surface area (Å²) >= 11 is 12.1. The van der Waals surface area contributed by atoms with Gasteiger partial charge in [-0.3, -0.25) is 4.68 Å². The van der Waals surface area contributed by atoms with Gasteiger partial charge < -0.3 is 5.11 Å². The van der Waals surface area contributed by atoms with Crippen molar-refractivity contribution < 1.29 is 5.11 Å². The Bertz CT molecular complexity index is 522. The first kappa shape index (κ1) is 13.3. The molecule has 0 saturated carbocycles. The number of rotatable bonds is 4. The van der Waals surface area contributed by atoms with Crippen LogP contribution in [0.4, 0.5) is 0 Å². The number of benzene rings is 1. The second-order valence-corrected chi connectivity index (χ2v) is 4.88. The summed E-state index contributed by atoms with van der Waals surface area (Å²) in [6.07, 6.45) is 1.68. The number of nitrogens with zero attached hydrogens (tertiary/aromatic N) is 3. The number of aliphatic hydroxyl groups excluding tert-OH is 1. The monoisotopic (exact) mass is 285 g/mol. The normalized spacial score (nSPS) is 12.7. The van der Waals surface area contributed by atoms with Gasteiger partial charge in [-0.15, -0.1) is 0 Å². The standard InChI is InChI=1S/C12H13Cl2N3O/c1-17-12(15-7-16-17)6-8(18)5-9-10(13)3-2-4-11(9)14/h2-4,7-8,18H,5-6H2,1H3. The van der Waals surface area contributed by atoms with Crippen LogP contribution in [0.2, 0.25) is 10.0 Å².